The molecular formula is C14H20. The Bertz CT molecular complexity index is 278. The molecule has 0 saturated heterocycles. The fourth-order valence-corrected chi connectivity index (χ4v) is 1.04. The Labute approximate surface area is 88.0 Å². The minimum Gasteiger partial charge on any atom is -0.0877 e. The minimum atomic E-state index is 1.29. The quantitative estimate of drug-likeness (QED) is 0.590. The molecule has 0 radical (unpaired) electrons. The minimum absolute atomic E-state index is 1.29. The predicted octanol–water partition coefficient (Wildman–Crippen LogP) is 4.69. The largest absolute Gasteiger partial charge is 0.0877 e. The van der Waals surface area contributed by atoms with Crippen molar-refractivity contribution >= 4 is 5.57 Å². The van der Waals surface area contributed by atoms with Crippen molar-refractivity contribution in [3.05, 3.63) is 54.1 Å². The van der Waals surface area contributed by atoms with Gasteiger partial charge in [-0.05, 0) is 25.0 Å². The van der Waals surface area contributed by atoms with E-state index in [9.17, 15) is 0 Å². The van der Waals surface area contributed by atoms with Crippen LogP contribution in [0.4, 0.5) is 0 Å². The highest BCUT2D eigenvalue weighted by Crippen LogP contribution is 2.12. The van der Waals surface area contributed by atoms with Gasteiger partial charge in [0, 0.05) is 0 Å². The Kier molecular flexibility index (Phi) is 7.53. The van der Waals surface area contributed by atoms with Gasteiger partial charge in [0.2, 0.25) is 0 Å². The molecule has 0 N–H and O–H groups in total. The number of hydrogen-bond donors (Lipinski definition) is 0. The van der Waals surface area contributed by atoms with Gasteiger partial charge in [-0.2, -0.15) is 0 Å². The second-order valence-electron chi connectivity index (χ2n) is 2.74. The first-order chi connectivity index (χ1) is 6.84. The topological polar surface area (TPSA) is 0 Å². The standard InChI is InChI=1S/C12H14.C2H6/c1-3-4-8-11(2)12-9-6-5-7-10-12;1-2/h3-10H,1-2H3;1-2H3/b4-3+,11-8-;. The van der Waals surface area contributed by atoms with Crippen LogP contribution in [0.3, 0.4) is 0 Å². The maximum atomic E-state index is 2.12. The van der Waals surface area contributed by atoms with E-state index in [1.807, 2.05) is 32.9 Å². The monoisotopic (exact) mass is 188 g/mol. The maximum absolute atomic E-state index is 2.12. The van der Waals surface area contributed by atoms with Crippen LogP contribution in [-0.4, -0.2) is 0 Å². The number of hydrogen-bond acceptors (Lipinski definition) is 0. The summed E-state index contributed by atoms with van der Waals surface area (Å²) in [5, 5.41) is 0. The molecule has 1 aromatic carbocycles. The molecule has 1 rings (SSSR count). The number of rotatable bonds is 2. The van der Waals surface area contributed by atoms with Crippen molar-refractivity contribution in [1.82, 2.24) is 0 Å². The SMILES string of the molecule is C/C=C/C=C(/C)c1ccccc1.CC. The molecule has 0 unspecified atom stereocenters. The van der Waals surface area contributed by atoms with Crippen LogP contribution in [0.25, 0.3) is 5.57 Å². The van der Waals surface area contributed by atoms with Crippen molar-refractivity contribution in [3.8, 4) is 0 Å². The summed E-state index contributed by atoms with van der Waals surface area (Å²) >= 11 is 0. The molecule has 0 heterocycles. The van der Waals surface area contributed by atoms with Gasteiger partial charge in [-0.1, -0.05) is 62.4 Å². The molecule has 0 spiro atoms. The third kappa shape index (κ3) is 4.66. The van der Waals surface area contributed by atoms with E-state index in [-0.39, 0.29) is 0 Å². The Balaban J connectivity index is 0.000000791. The molecule has 0 saturated carbocycles. The van der Waals surface area contributed by atoms with Gasteiger partial charge in [-0.25, -0.2) is 0 Å². The summed E-state index contributed by atoms with van der Waals surface area (Å²) in [6, 6.07) is 10.4. The van der Waals surface area contributed by atoms with Crippen molar-refractivity contribution in [2.45, 2.75) is 27.7 Å². The molecule has 0 aliphatic rings. The van der Waals surface area contributed by atoms with E-state index in [1.54, 1.807) is 0 Å². The molecule has 0 aliphatic heterocycles. The number of allylic oxidation sites excluding steroid dienone is 4. The van der Waals surface area contributed by atoms with Crippen LogP contribution in [-0.2, 0) is 0 Å². The fourth-order valence-electron chi connectivity index (χ4n) is 1.04. The average Bonchev–Trinajstić information content (AvgIpc) is 2.30. The Hall–Kier alpha value is -1.30. The van der Waals surface area contributed by atoms with Crippen LogP contribution in [0, 0.1) is 0 Å². The van der Waals surface area contributed by atoms with E-state index < -0.39 is 0 Å². The van der Waals surface area contributed by atoms with Gasteiger partial charge in [0.15, 0.2) is 0 Å². The van der Waals surface area contributed by atoms with Gasteiger partial charge in [0.1, 0.15) is 0 Å². The van der Waals surface area contributed by atoms with E-state index >= 15 is 0 Å². The smallest absolute Gasteiger partial charge is 0.0227 e. The Morgan fingerprint density at radius 2 is 1.64 bits per heavy atom. The van der Waals surface area contributed by atoms with E-state index in [4.69, 9.17) is 0 Å². The Morgan fingerprint density at radius 3 is 2.14 bits per heavy atom. The molecule has 0 fully saturated rings. The Morgan fingerprint density at radius 1 is 1.07 bits per heavy atom. The van der Waals surface area contributed by atoms with Crippen LogP contribution >= 0.6 is 0 Å². The maximum Gasteiger partial charge on any atom is -0.0227 e. The first-order valence-corrected chi connectivity index (χ1v) is 5.19. The zero-order valence-corrected chi connectivity index (χ0v) is 9.62. The van der Waals surface area contributed by atoms with Gasteiger partial charge in [-0.15, -0.1) is 0 Å². The van der Waals surface area contributed by atoms with Crippen LogP contribution in [0.15, 0.2) is 48.6 Å². The third-order valence-electron chi connectivity index (χ3n) is 1.77. The van der Waals surface area contributed by atoms with E-state index in [1.165, 1.54) is 11.1 Å². The zero-order chi connectivity index (χ0) is 10.8. The highest BCUT2D eigenvalue weighted by molar-refractivity contribution is 5.64. The molecular weight excluding hydrogens is 168 g/mol. The molecule has 0 aromatic heterocycles. The fraction of sp³-hybridized carbons (Fsp3) is 0.286. The van der Waals surface area contributed by atoms with E-state index in [0.717, 1.165) is 0 Å². The molecule has 0 aliphatic carbocycles. The van der Waals surface area contributed by atoms with Gasteiger partial charge in [-0.3, -0.25) is 0 Å². The summed E-state index contributed by atoms with van der Waals surface area (Å²) in [5.74, 6) is 0. The van der Waals surface area contributed by atoms with Crippen molar-refractivity contribution < 1.29 is 0 Å². The van der Waals surface area contributed by atoms with E-state index in [0.29, 0.717) is 0 Å². The van der Waals surface area contributed by atoms with E-state index in [2.05, 4.69) is 43.3 Å². The highest BCUT2D eigenvalue weighted by atomic mass is 13.9. The summed E-state index contributed by atoms with van der Waals surface area (Å²) in [6.45, 7) is 8.14. The normalized spacial score (nSPS) is 11.0. The highest BCUT2D eigenvalue weighted by Gasteiger charge is 1.89. The first-order valence-electron chi connectivity index (χ1n) is 5.19. The van der Waals surface area contributed by atoms with Gasteiger partial charge in [0.25, 0.3) is 0 Å². The predicted molar refractivity (Wildman–Crippen MR) is 66.3 cm³/mol. The molecule has 0 heteroatoms. The summed E-state index contributed by atoms with van der Waals surface area (Å²) in [6.07, 6.45) is 6.21. The molecule has 0 atom stereocenters. The third-order valence-corrected chi connectivity index (χ3v) is 1.77. The lowest BCUT2D eigenvalue weighted by Gasteiger charge is -1.97. The van der Waals surface area contributed by atoms with Crippen molar-refractivity contribution in [1.29, 1.82) is 0 Å². The summed E-state index contributed by atoms with van der Waals surface area (Å²) < 4.78 is 0. The summed E-state index contributed by atoms with van der Waals surface area (Å²) in [7, 11) is 0. The van der Waals surface area contributed by atoms with Crippen molar-refractivity contribution in [3.63, 3.8) is 0 Å². The van der Waals surface area contributed by atoms with Crippen LogP contribution in [0.1, 0.15) is 33.3 Å². The second-order valence-corrected chi connectivity index (χ2v) is 2.74. The number of benzene rings is 1. The summed E-state index contributed by atoms with van der Waals surface area (Å²) in [5.41, 5.74) is 2.59. The zero-order valence-electron chi connectivity index (χ0n) is 9.62. The van der Waals surface area contributed by atoms with Crippen molar-refractivity contribution in [2.75, 3.05) is 0 Å². The van der Waals surface area contributed by atoms with Gasteiger partial charge < -0.3 is 0 Å². The lowest BCUT2D eigenvalue weighted by molar-refractivity contribution is 1.50. The lowest BCUT2D eigenvalue weighted by Crippen LogP contribution is -1.75. The molecule has 0 bridgehead atoms. The average molecular weight is 188 g/mol. The molecule has 76 valence electrons. The lowest BCUT2D eigenvalue weighted by atomic mass is 10.1. The van der Waals surface area contributed by atoms with Gasteiger partial charge >= 0.3 is 0 Å². The molecule has 14 heavy (non-hydrogen) atoms. The summed E-state index contributed by atoms with van der Waals surface area (Å²) in [4.78, 5) is 0. The first kappa shape index (κ1) is 12.7. The molecule has 0 amide bonds. The van der Waals surface area contributed by atoms with Crippen LogP contribution < -0.4 is 0 Å². The van der Waals surface area contributed by atoms with Gasteiger partial charge in [0.05, 0.1) is 0 Å². The van der Waals surface area contributed by atoms with Crippen molar-refractivity contribution in [2.24, 2.45) is 0 Å². The molecule has 1 aromatic rings. The van der Waals surface area contributed by atoms with Crippen LogP contribution in [0.2, 0.25) is 0 Å². The van der Waals surface area contributed by atoms with Crippen LogP contribution in [0.5, 0.6) is 0 Å². The molecule has 0 nitrogen and oxygen atoms in total. The second kappa shape index (κ2) is 8.31.